The third kappa shape index (κ3) is 4.09. The van der Waals surface area contributed by atoms with E-state index in [2.05, 4.69) is 21.2 Å². The van der Waals surface area contributed by atoms with E-state index in [0.717, 1.165) is 27.9 Å². The number of nitrogens with one attached hydrogen (secondary N) is 1. The molecule has 2 aromatic carbocycles. The average Bonchev–Trinajstić information content (AvgIpc) is 3.46. The minimum absolute atomic E-state index is 0.0668. The highest BCUT2D eigenvalue weighted by Gasteiger charge is 2.40. The maximum absolute atomic E-state index is 12.7. The van der Waals surface area contributed by atoms with Crippen molar-refractivity contribution in [3.8, 4) is 0 Å². The molecule has 3 amide bonds. The van der Waals surface area contributed by atoms with Gasteiger partial charge in [-0.3, -0.25) is 14.4 Å². The molecule has 2 aliphatic rings. The summed E-state index contributed by atoms with van der Waals surface area (Å²) >= 11 is 4.73. The van der Waals surface area contributed by atoms with Gasteiger partial charge in [0, 0.05) is 27.4 Å². The summed E-state index contributed by atoms with van der Waals surface area (Å²) in [5.41, 5.74) is 1.34. The Morgan fingerprint density at radius 1 is 1.04 bits per heavy atom. The van der Waals surface area contributed by atoms with Crippen LogP contribution in [0.5, 0.6) is 0 Å². The molecular weight excluding hydrogens is 428 g/mol. The molecule has 1 aliphatic heterocycles. The van der Waals surface area contributed by atoms with Crippen LogP contribution < -0.4 is 10.2 Å². The number of hydrogen-bond donors (Lipinski definition) is 1. The zero-order chi connectivity index (χ0) is 19.0. The number of carbonyl (C=O) groups excluding carboxylic acids is 3. The number of amides is 3. The van der Waals surface area contributed by atoms with Gasteiger partial charge in [-0.2, -0.15) is 0 Å². The van der Waals surface area contributed by atoms with Crippen molar-refractivity contribution in [2.24, 2.45) is 5.92 Å². The van der Waals surface area contributed by atoms with E-state index in [9.17, 15) is 14.4 Å². The third-order valence-electron chi connectivity index (χ3n) is 4.54. The molecule has 1 atom stereocenters. The highest BCUT2D eigenvalue weighted by atomic mass is 79.9. The largest absolute Gasteiger partial charge is 0.326 e. The van der Waals surface area contributed by atoms with E-state index in [4.69, 9.17) is 0 Å². The second kappa shape index (κ2) is 7.48. The van der Waals surface area contributed by atoms with Crippen molar-refractivity contribution in [1.29, 1.82) is 0 Å². The van der Waals surface area contributed by atoms with E-state index in [1.807, 2.05) is 36.4 Å². The molecule has 0 bridgehead atoms. The van der Waals surface area contributed by atoms with Crippen molar-refractivity contribution < 1.29 is 14.4 Å². The van der Waals surface area contributed by atoms with Crippen LogP contribution >= 0.6 is 27.7 Å². The van der Waals surface area contributed by atoms with Gasteiger partial charge in [-0.05, 0) is 61.4 Å². The summed E-state index contributed by atoms with van der Waals surface area (Å²) in [6.45, 7) is 0. The Bertz CT molecular complexity index is 894. The predicted octanol–water partition coefficient (Wildman–Crippen LogP) is 4.22. The zero-order valence-corrected chi connectivity index (χ0v) is 16.8. The van der Waals surface area contributed by atoms with E-state index >= 15 is 0 Å². The molecule has 2 fully saturated rings. The molecule has 138 valence electrons. The normalized spacial score (nSPS) is 19.4. The smallest absolute Gasteiger partial charge is 0.247 e. The van der Waals surface area contributed by atoms with Crippen molar-refractivity contribution in [3.63, 3.8) is 0 Å². The van der Waals surface area contributed by atoms with Crippen molar-refractivity contribution in [2.45, 2.75) is 29.4 Å². The highest BCUT2D eigenvalue weighted by molar-refractivity contribution is 9.10. The van der Waals surface area contributed by atoms with Gasteiger partial charge in [0.15, 0.2) is 0 Å². The lowest BCUT2D eigenvalue weighted by molar-refractivity contribution is -0.121. The van der Waals surface area contributed by atoms with Crippen molar-refractivity contribution in [3.05, 3.63) is 53.0 Å². The van der Waals surface area contributed by atoms with Gasteiger partial charge in [0.1, 0.15) is 0 Å². The number of rotatable bonds is 5. The fourth-order valence-electron chi connectivity index (χ4n) is 2.93. The molecule has 7 heteroatoms. The van der Waals surface area contributed by atoms with E-state index in [0.29, 0.717) is 5.69 Å². The van der Waals surface area contributed by atoms with Gasteiger partial charge in [0.05, 0.1) is 10.9 Å². The first-order valence-corrected chi connectivity index (χ1v) is 10.4. The van der Waals surface area contributed by atoms with Crippen LogP contribution in [0.1, 0.15) is 19.3 Å². The van der Waals surface area contributed by atoms with Crippen molar-refractivity contribution in [2.75, 3.05) is 10.2 Å². The molecule has 1 saturated heterocycles. The predicted molar refractivity (Wildman–Crippen MR) is 109 cm³/mol. The van der Waals surface area contributed by atoms with E-state index in [-0.39, 0.29) is 30.1 Å². The Morgan fingerprint density at radius 3 is 2.33 bits per heavy atom. The fourth-order valence-corrected chi connectivity index (χ4v) is 4.25. The fraction of sp³-hybridized carbons (Fsp3) is 0.250. The molecule has 1 heterocycles. The minimum atomic E-state index is -0.437. The van der Waals surface area contributed by atoms with Crippen LogP contribution in [0.15, 0.2) is 57.9 Å². The lowest BCUT2D eigenvalue weighted by Gasteiger charge is -2.15. The number of nitrogens with zero attached hydrogens (tertiary/aromatic N) is 1. The van der Waals surface area contributed by atoms with Crippen LogP contribution in [0.4, 0.5) is 11.4 Å². The van der Waals surface area contributed by atoms with E-state index in [1.165, 1.54) is 16.7 Å². The molecule has 4 rings (SSSR count). The van der Waals surface area contributed by atoms with Gasteiger partial charge < -0.3 is 5.32 Å². The molecule has 1 saturated carbocycles. The lowest BCUT2D eigenvalue weighted by Crippen LogP contribution is -2.31. The Kier molecular flexibility index (Phi) is 5.06. The summed E-state index contributed by atoms with van der Waals surface area (Å²) in [5, 5.41) is 2.46. The van der Waals surface area contributed by atoms with Crippen LogP contribution in [0.3, 0.4) is 0 Å². The second-order valence-corrected chi connectivity index (χ2v) is 8.83. The number of anilines is 2. The van der Waals surface area contributed by atoms with Crippen molar-refractivity contribution in [1.82, 2.24) is 0 Å². The molecular formula is C20H17BrN2O3S. The molecule has 27 heavy (non-hydrogen) atoms. The first-order valence-electron chi connectivity index (χ1n) is 8.71. The van der Waals surface area contributed by atoms with E-state index in [1.54, 1.807) is 12.1 Å². The van der Waals surface area contributed by atoms with E-state index < -0.39 is 5.25 Å². The van der Waals surface area contributed by atoms with Crippen molar-refractivity contribution >= 4 is 56.8 Å². The van der Waals surface area contributed by atoms with Crippen LogP contribution in [-0.4, -0.2) is 23.0 Å². The SMILES string of the molecule is O=C(Nc1ccc(SC2CC(=O)N(c3ccc(Br)cc3)C2=O)cc1)C1CC1. The molecule has 0 aromatic heterocycles. The Balaban J connectivity index is 1.42. The van der Waals surface area contributed by atoms with Crippen LogP contribution in [0.2, 0.25) is 0 Å². The van der Waals surface area contributed by atoms with Crippen LogP contribution in [-0.2, 0) is 14.4 Å². The average molecular weight is 445 g/mol. The first kappa shape index (κ1) is 18.3. The number of benzene rings is 2. The summed E-state index contributed by atoms with van der Waals surface area (Å²) in [7, 11) is 0. The Labute approximate surface area is 169 Å². The maximum atomic E-state index is 12.7. The number of carbonyl (C=O) groups is 3. The monoisotopic (exact) mass is 444 g/mol. The molecule has 1 aliphatic carbocycles. The number of halogens is 1. The summed E-state index contributed by atoms with van der Waals surface area (Å²) in [4.78, 5) is 39.0. The summed E-state index contributed by atoms with van der Waals surface area (Å²) in [6.07, 6.45) is 2.11. The van der Waals surface area contributed by atoms with Gasteiger partial charge >= 0.3 is 0 Å². The van der Waals surface area contributed by atoms with Crippen LogP contribution in [0.25, 0.3) is 0 Å². The van der Waals surface area contributed by atoms with Gasteiger partial charge in [-0.25, -0.2) is 4.90 Å². The van der Waals surface area contributed by atoms with Crippen LogP contribution in [0, 0.1) is 5.92 Å². The molecule has 0 radical (unpaired) electrons. The molecule has 1 unspecified atom stereocenters. The number of hydrogen-bond acceptors (Lipinski definition) is 4. The number of imide groups is 1. The number of thioether (sulfide) groups is 1. The second-order valence-electron chi connectivity index (χ2n) is 6.64. The summed E-state index contributed by atoms with van der Waals surface area (Å²) in [6, 6.07) is 14.5. The standard InChI is InChI=1S/C20H17BrN2O3S/c21-13-3-7-15(8-4-13)23-18(24)11-17(20(23)26)27-16-9-5-14(6-10-16)22-19(25)12-1-2-12/h3-10,12,17H,1-2,11H2,(H,22,25). The summed E-state index contributed by atoms with van der Waals surface area (Å²) in [5.74, 6) is -0.158. The first-order chi connectivity index (χ1) is 13.0. The van der Waals surface area contributed by atoms with Gasteiger partial charge in [-0.1, -0.05) is 15.9 Å². The quantitative estimate of drug-likeness (QED) is 0.700. The zero-order valence-electron chi connectivity index (χ0n) is 14.4. The lowest BCUT2D eigenvalue weighted by atomic mass is 10.3. The highest BCUT2D eigenvalue weighted by Crippen LogP contribution is 2.35. The Hall–Kier alpha value is -2.12. The van der Waals surface area contributed by atoms with Gasteiger partial charge in [-0.15, -0.1) is 11.8 Å². The maximum Gasteiger partial charge on any atom is 0.247 e. The summed E-state index contributed by atoms with van der Waals surface area (Å²) < 4.78 is 0.894. The third-order valence-corrected chi connectivity index (χ3v) is 6.26. The molecule has 0 spiro atoms. The van der Waals surface area contributed by atoms with Gasteiger partial charge in [0.2, 0.25) is 17.7 Å². The topological polar surface area (TPSA) is 66.5 Å². The molecule has 2 aromatic rings. The molecule has 5 nitrogen and oxygen atoms in total. The minimum Gasteiger partial charge on any atom is -0.326 e. The van der Waals surface area contributed by atoms with Gasteiger partial charge in [0.25, 0.3) is 0 Å². The molecule has 1 N–H and O–H groups in total. The Morgan fingerprint density at radius 2 is 1.70 bits per heavy atom.